The number of carboxylic acid groups (broad SMARTS) is 1. The largest absolute Gasteiger partial charge is 0.481 e. The van der Waals surface area contributed by atoms with E-state index in [0.29, 0.717) is 19.7 Å². The average Bonchev–Trinajstić information content (AvgIpc) is 2.39. The van der Waals surface area contributed by atoms with Gasteiger partial charge in [0.25, 0.3) is 0 Å². The van der Waals surface area contributed by atoms with Crippen molar-refractivity contribution >= 4 is 11.8 Å². The number of benzene rings is 1. The standard InChI is InChI=1S/C14H17NO4/c16-13(8-14(17)18)12-10-19-7-6-15(12)9-11-4-2-1-3-5-11/h1-5,12H,6-10H2,(H,17,18). The molecule has 0 aliphatic carbocycles. The smallest absolute Gasteiger partial charge is 0.310 e. The minimum Gasteiger partial charge on any atom is -0.481 e. The molecule has 1 atom stereocenters. The zero-order valence-corrected chi connectivity index (χ0v) is 10.6. The minimum absolute atomic E-state index is 0.277. The highest BCUT2D eigenvalue weighted by molar-refractivity contribution is 5.97. The van der Waals surface area contributed by atoms with Gasteiger partial charge in [0, 0.05) is 13.1 Å². The Hall–Kier alpha value is -1.72. The third kappa shape index (κ3) is 3.87. The molecule has 1 unspecified atom stereocenters. The summed E-state index contributed by atoms with van der Waals surface area (Å²) in [6, 6.07) is 9.37. The first-order chi connectivity index (χ1) is 9.16. The fraction of sp³-hybridized carbons (Fsp3) is 0.429. The van der Waals surface area contributed by atoms with E-state index in [1.54, 1.807) is 0 Å². The van der Waals surface area contributed by atoms with E-state index in [1.165, 1.54) is 0 Å². The molecular weight excluding hydrogens is 246 g/mol. The normalized spacial score (nSPS) is 20.1. The van der Waals surface area contributed by atoms with Gasteiger partial charge in [-0.15, -0.1) is 0 Å². The number of rotatable bonds is 5. The Bertz CT molecular complexity index is 446. The van der Waals surface area contributed by atoms with Gasteiger partial charge in [-0.2, -0.15) is 0 Å². The summed E-state index contributed by atoms with van der Waals surface area (Å²) >= 11 is 0. The lowest BCUT2D eigenvalue weighted by Gasteiger charge is -2.34. The second-order valence-electron chi connectivity index (χ2n) is 4.58. The lowest BCUT2D eigenvalue weighted by atomic mass is 10.1. The van der Waals surface area contributed by atoms with Crippen molar-refractivity contribution in [3.63, 3.8) is 0 Å². The number of carbonyl (C=O) groups is 2. The molecular formula is C14H17NO4. The van der Waals surface area contributed by atoms with Crippen molar-refractivity contribution in [2.24, 2.45) is 0 Å². The Morgan fingerprint density at radius 2 is 2.05 bits per heavy atom. The van der Waals surface area contributed by atoms with Crippen LogP contribution in [0, 0.1) is 0 Å². The number of carbonyl (C=O) groups excluding carboxylic acids is 1. The van der Waals surface area contributed by atoms with E-state index in [-0.39, 0.29) is 12.4 Å². The Kier molecular flexibility index (Phi) is 4.65. The van der Waals surface area contributed by atoms with E-state index in [2.05, 4.69) is 0 Å². The van der Waals surface area contributed by atoms with Gasteiger partial charge < -0.3 is 9.84 Å². The average molecular weight is 263 g/mol. The lowest BCUT2D eigenvalue weighted by Crippen LogP contribution is -2.49. The predicted octanol–water partition coefficient (Wildman–Crippen LogP) is 0.931. The predicted molar refractivity (Wildman–Crippen MR) is 68.7 cm³/mol. The number of ether oxygens (including phenoxy) is 1. The molecule has 19 heavy (non-hydrogen) atoms. The van der Waals surface area contributed by atoms with Crippen molar-refractivity contribution in [1.82, 2.24) is 4.90 Å². The van der Waals surface area contributed by atoms with E-state index in [4.69, 9.17) is 9.84 Å². The molecule has 1 aliphatic heterocycles. The summed E-state index contributed by atoms with van der Waals surface area (Å²) in [7, 11) is 0. The molecule has 5 heteroatoms. The van der Waals surface area contributed by atoms with Crippen LogP contribution in [-0.4, -0.2) is 47.6 Å². The fourth-order valence-electron chi connectivity index (χ4n) is 2.21. The number of nitrogens with zero attached hydrogens (tertiary/aromatic N) is 1. The van der Waals surface area contributed by atoms with Crippen molar-refractivity contribution in [3.05, 3.63) is 35.9 Å². The van der Waals surface area contributed by atoms with Gasteiger partial charge in [0.2, 0.25) is 0 Å². The van der Waals surface area contributed by atoms with Gasteiger partial charge in [0.15, 0.2) is 5.78 Å². The van der Waals surface area contributed by atoms with Crippen LogP contribution in [0.4, 0.5) is 0 Å². The van der Waals surface area contributed by atoms with E-state index >= 15 is 0 Å². The minimum atomic E-state index is -1.09. The van der Waals surface area contributed by atoms with Crippen LogP contribution >= 0.6 is 0 Å². The van der Waals surface area contributed by atoms with Crippen LogP contribution in [0.1, 0.15) is 12.0 Å². The molecule has 2 rings (SSSR count). The highest BCUT2D eigenvalue weighted by Gasteiger charge is 2.30. The summed E-state index contributed by atoms with van der Waals surface area (Å²) in [4.78, 5) is 24.5. The van der Waals surface area contributed by atoms with Crippen molar-refractivity contribution in [2.45, 2.75) is 19.0 Å². The van der Waals surface area contributed by atoms with Gasteiger partial charge in [-0.25, -0.2) is 0 Å². The second-order valence-corrected chi connectivity index (χ2v) is 4.58. The molecule has 1 aromatic carbocycles. The van der Waals surface area contributed by atoms with E-state index in [9.17, 15) is 9.59 Å². The number of Topliss-reactive ketones (excluding diaryl/α,β-unsaturated/α-hetero) is 1. The summed E-state index contributed by atoms with van der Waals surface area (Å²) in [6.07, 6.45) is -0.445. The molecule has 1 aromatic rings. The number of ketones is 1. The first kappa shape index (κ1) is 13.7. The number of hydrogen-bond donors (Lipinski definition) is 1. The molecule has 0 bridgehead atoms. The maximum absolute atomic E-state index is 11.9. The van der Waals surface area contributed by atoms with E-state index in [1.807, 2.05) is 35.2 Å². The first-order valence-corrected chi connectivity index (χ1v) is 6.27. The van der Waals surface area contributed by atoms with Gasteiger partial charge in [-0.1, -0.05) is 30.3 Å². The van der Waals surface area contributed by atoms with Gasteiger partial charge in [-0.3, -0.25) is 14.5 Å². The quantitative estimate of drug-likeness (QED) is 0.800. The van der Waals surface area contributed by atoms with Crippen LogP contribution in [0.15, 0.2) is 30.3 Å². The van der Waals surface area contributed by atoms with Crippen LogP contribution in [0.3, 0.4) is 0 Å². The summed E-state index contributed by atoms with van der Waals surface area (Å²) in [5.74, 6) is -1.38. The molecule has 1 N–H and O–H groups in total. The first-order valence-electron chi connectivity index (χ1n) is 6.27. The van der Waals surface area contributed by atoms with Crippen LogP contribution in [-0.2, 0) is 20.9 Å². The zero-order chi connectivity index (χ0) is 13.7. The van der Waals surface area contributed by atoms with Crippen molar-refractivity contribution < 1.29 is 19.4 Å². The summed E-state index contributed by atoms with van der Waals surface area (Å²) in [5.41, 5.74) is 1.11. The summed E-state index contributed by atoms with van der Waals surface area (Å²) in [5, 5.41) is 8.71. The van der Waals surface area contributed by atoms with Gasteiger partial charge >= 0.3 is 5.97 Å². The Balaban J connectivity index is 2.03. The van der Waals surface area contributed by atoms with Gasteiger partial charge in [0.1, 0.15) is 6.42 Å². The van der Waals surface area contributed by atoms with E-state index in [0.717, 1.165) is 5.56 Å². The fourth-order valence-corrected chi connectivity index (χ4v) is 2.21. The number of carboxylic acids is 1. The summed E-state index contributed by atoms with van der Waals surface area (Å²) in [6.45, 7) is 2.13. The van der Waals surface area contributed by atoms with Crippen LogP contribution < -0.4 is 0 Å². The molecule has 102 valence electrons. The topological polar surface area (TPSA) is 66.8 Å². The Morgan fingerprint density at radius 1 is 1.32 bits per heavy atom. The van der Waals surface area contributed by atoms with Crippen molar-refractivity contribution in [3.8, 4) is 0 Å². The molecule has 1 fully saturated rings. The lowest BCUT2D eigenvalue weighted by molar-refractivity contribution is -0.143. The molecule has 0 aromatic heterocycles. The molecule has 1 aliphatic rings. The Labute approximate surface area is 111 Å². The third-order valence-corrected chi connectivity index (χ3v) is 3.16. The maximum Gasteiger partial charge on any atom is 0.310 e. The zero-order valence-electron chi connectivity index (χ0n) is 10.6. The third-order valence-electron chi connectivity index (χ3n) is 3.16. The molecule has 0 radical (unpaired) electrons. The van der Waals surface area contributed by atoms with Gasteiger partial charge in [0.05, 0.1) is 19.3 Å². The number of aliphatic carboxylic acids is 1. The highest BCUT2D eigenvalue weighted by atomic mass is 16.5. The second kappa shape index (κ2) is 6.45. The highest BCUT2D eigenvalue weighted by Crippen LogP contribution is 2.14. The maximum atomic E-state index is 11.9. The summed E-state index contributed by atoms with van der Waals surface area (Å²) < 4.78 is 5.30. The van der Waals surface area contributed by atoms with Gasteiger partial charge in [-0.05, 0) is 5.56 Å². The Morgan fingerprint density at radius 3 is 2.74 bits per heavy atom. The molecule has 1 saturated heterocycles. The SMILES string of the molecule is O=C(O)CC(=O)C1COCCN1Cc1ccccc1. The van der Waals surface area contributed by atoms with Crippen LogP contribution in [0.25, 0.3) is 0 Å². The molecule has 0 spiro atoms. The van der Waals surface area contributed by atoms with Crippen molar-refractivity contribution in [2.75, 3.05) is 19.8 Å². The number of morpholine rings is 1. The molecule has 0 amide bonds. The monoisotopic (exact) mass is 263 g/mol. The number of hydrogen-bond acceptors (Lipinski definition) is 4. The van der Waals surface area contributed by atoms with Crippen LogP contribution in [0.2, 0.25) is 0 Å². The van der Waals surface area contributed by atoms with Crippen molar-refractivity contribution in [1.29, 1.82) is 0 Å². The van der Waals surface area contributed by atoms with E-state index < -0.39 is 18.4 Å². The molecule has 5 nitrogen and oxygen atoms in total. The molecule has 0 saturated carbocycles. The molecule has 1 heterocycles. The van der Waals surface area contributed by atoms with Crippen LogP contribution in [0.5, 0.6) is 0 Å².